The van der Waals surface area contributed by atoms with Gasteiger partial charge in [0.25, 0.3) is 0 Å². The number of furan rings is 1. The van der Waals surface area contributed by atoms with Gasteiger partial charge in [0.2, 0.25) is 5.91 Å². The van der Waals surface area contributed by atoms with Gasteiger partial charge in [0.15, 0.2) is 0 Å². The Morgan fingerprint density at radius 3 is 2.48 bits per heavy atom. The molecule has 1 aliphatic rings. The Balaban J connectivity index is 1.82. The summed E-state index contributed by atoms with van der Waals surface area (Å²) in [5, 5.41) is 29.9. The predicted octanol–water partition coefficient (Wildman–Crippen LogP) is 0.168. The minimum atomic E-state index is -1.37. The summed E-state index contributed by atoms with van der Waals surface area (Å²) in [6.45, 7) is 0.626. The molecule has 118 valence electrons. The Morgan fingerprint density at radius 1 is 1.33 bits per heavy atom. The van der Waals surface area contributed by atoms with Crippen LogP contribution < -0.4 is 5.32 Å². The Bertz CT molecular complexity index is 472. The van der Waals surface area contributed by atoms with Gasteiger partial charge in [-0.15, -0.1) is 0 Å². The van der Waals surface area contributed by atoms with Crippen LogP contribution in [-0.2, 0) is 11.2 Å². The molecule has 1 amide bonds. The average Bonchev–Trinajstić information content (AvgIpc) is 3.04. The van der Waals surface area contributed by atoms with Crippen LogP contribution in [0.4, 0.5) is 0 Å². The molecule has 1 aromatic heterocycles. The van der Waals surface area contributed by atoms with E-state index < -0.39 is 25.4 Å². The zero-order valence-corrected chi connectivity index (χ0v) is 12.2. The Labute approximate surface area is 123 Å². The smallest absolute Gasteiger partial charge is 0.221 e. The molecule has 1 aromatic rings. The van der Waals surface area contributed by atoms with Crippen LogP contribution in [0.2, 0.25) is 0 Å². The highest BCUT2D eigenvalue weighted by atomic mass is 16.3. The zero-order chi connectivity index (χ0) is 15.5. The van der Waals surface area contributed by atoms with E-state index in [0.29, 0.717) is 18.3 Å². The van der Waals surface area contributed by atoms with E-state index in [-0.39, 0.29) is 12.3 Å². The normalized spacial score (nSPS) is 21.3. The molecule has 21 heavy (non-hydrogen) atoms. The molecule has 0 aromatic carbocycles. The van der Waals surface area contributed by atoms with Gasteiger partial charge in [-0.2, -0.15) is 0 Å². The summed E-state index contributed by atoms with van der Waals surface area (Å²) in [5.74, 6) is 2.57. The highest BCUT2D eigenvalue weighted by Crippen LogP contribution is 2.47. The summed E-state index contributed by atoms with van der Waals surface area (Å²) in [6, 6.07) is 3.84. The van der Waals surface area contributed by atoms with E-state index in [9.17, 15) is 4.79 Å². The first-order valence-electron chi connectivity index (χ1n) is 7.26. The molecular formula is C15H23NO5. The molecule has 1 fully saturated rings. The lowest BCUT2D eigenvalue weighted by Crippen LogP contribution is -2.57. The van der Waals surface area contributed by atoms with Crippen molar-refractivity contribution in [2.24, 2.45) is 5.92 Å². The van der Waals surface area contributed by atoms with E-state index in [0.717, 1.165) is 17.9 Å². The van der Waals surface area contributed by atoms with Crippen molar-refractivity contribution in [2.75, 3.05) is 19.8 Å². The molecule has 4 N–H and O–H groups in total. The second-order valence-electron chi connectivity index (χ2n) is 5.93. The Morgan fingerprint density at radius 2 is 1.95 bits per heavy atom. The lowest BCUT2D eigenvalue weighted by molar-refractivity contribution is -0.125. The molecule has 0 spiro atoms. The molecule has 6 nitrogen and oxygen atoms in total. The molecule has 1 aliphatic carbocycles. The number of hydrogen-bond donors (Lipinski definition) is 4. The van der Waals surface area contributed by atoms with E-state index in [1.165, 1.54) is 0 Å². The Kier molecular flexibility index (Phi) is 5.03. The van der Waals surface area contributed by atoms with Gasteiger partial charge in [-0.1, -0.05) is 6.92 Å². The van der Waals surface area contributed by atoms with Crippen molar-refractivity contribution in [1.82, 2.24) is 5.32 Å². The van der Waals surface area contributed by atoms with Crippen LogP contribution in [0.1, 0.15) is 37.2 Å². The standard InChI is InChI=1S/C15H23NO5/c1-10-6-12(10)13-4-2-11(21-13)3-5-14(20)16-15(7-17,8-18)9-19/h2,4,10,12,17-19H,3,5-9H2,1H3,(H,16,20). The van der Waals surface area contributed by atoms with E-state index in [1.54, 1.807) is 0 Å². The molecule has 6 heteroatoms. The second-order valence-corrected chi connectivity index (χ2v) is 5.93. The molecule has 0 radical (unpaired) electrons. The zero-order valence-electron chi connectivity index (χ0n) is 12.2. The summed E-state index contributed by atoms with van der Waals surface area (Å²) in [5.41, 5.74) is -1.37. The maximum Gasteiger partial charge on any atom is 0.221 e. The largest absolute Gasteiger partial charge is 0.466 e. The SMILES string of the molecule is CC1CC1c1ccc(CCC(=O)NC(CO)(CO)CO)o1. The van der Waals surface area contributed by atoms with E-state index in [1.807, 2.05) is 12.1 Å². The fourth-order valence-electron chi connectivity index (χ4n) is 2.31. The topological polar surface area (TPSA) is 103 Å². The van der Waals surface area contributed by atoms with Crippen LogP contribution >= 0.6 is 0 Å². The molecule has 2 unspecified atom stereocenters. The van der Waals surface area contributed by atoms with E-state index >= 15 is 0 Å². The van der Waals surface area contributed by atoms with E-state index in [2.05, 4.69) is 12.2 Å². The monoisotopic (exact) mass is 297 g/mol. The fourth-order valence-corrected chi connectivity index (χ4v) is 2.31. The third-order valence-corrected chi connectivity index (χ3v) is 4.07. The summed E-state index contributed by atoms with van der Waals surface area (Å²) >= 11 is 0. The minimum Gasteiger partial charge on any atom is -0.466 e. The molecule has 0 bridgehead atoms. The first kappa shape index (κ1) is 16.0. The van der Waals surface area contributed by atoms with Crippen LogP contribution in [-0.4, -0.2) is 46.6 Å². The molecule has 1 heterocycles. The lowest BCUT2D eigenvalue weighted by Gasteiger charge is -2.28. The Hall–Kier alpha value is -1.37. The van der Waals surface area contributed by atoms with Gasteiger partial charge in [-0.25, -0.2) is 0 Å². The van der Waals surface area contributed by atoms with Crippen molar-refractivity contribution in [2.45, 2.75) is 37.6 Å². The number of aliphatic hydroxyl groups excluding tert-OH is 3. The summed E-state index contributed by atoms with van der Waals surface area (Å²) < 4.78 is 5.71. The maximum atomic E-state index is 11.8. The van der Waals surface area contributed by atoms with Gasteiger partial charge < -0.3 is 25.1 Å². The third-order valence-electron chi connectivity index (χ3n) is 4.07. The van der Waals surface area contributed by atoms with Crippen molar-refractivity contribution < 1.29 is 24.5 Å². The van der Waals surface area contributed by atoms with E-state index in [4.69, 9.17) is 19.7 Å². The van der Waals surface area contributed by atoms with Crippen LogP contribution in [0.15, 0.2) is 16.5 Å². The first-order chi connectivity index (χ1) is 10.0. The lowest BCUT2D eigenvalue weighted by atomic mass is 10.0. The maximum absolute atomic E-state index is 11.8. The number of nitrogens with one attached hydrogen (secondary N) is 1. The van der Waals surface area contributed by atoms with Gasteiger partial charge in [0.1, 0.15) is 17.1 Å². The molecule has 0 aliphatic heterocycles. The van der Waals surface area contributed by atoms with Crippen LogP contribution in [0.3, 0.4) is 0 Å². The second kappa shape index (κ2) is 6.60. The molecule has 2 rings (SSSR count). The molecule has 0 saturated heterocycles. The van der Waals surface area contributed by atoms with Crippen molar-refractivity contribution in [3.05, 3.63) is 23.7 Å². The third kappa shape index (κ3) is 3.84. The predicted molar refractivity (Wildman–Crippen MR) is 75.7 cm³/mol. The fraction of sp³-hybridized carbons (Fsp3) is 0.667. The summed E-state index contributed by atoms with van der Waals surface area (Å²) in [4.78, 5) is 11.8. The number of aryl methyl sites for hydroxylation is 1. The summed E-state index contributed by atoms with van der Waals surface area (Å²) in [7, 11) is 0. The van der Waals surface area contributed by atoms with Gasteiger partial charge in [-0.05, 0) is 24.5 Å². The number of aliphatic hydroxyl groups is 3. The highest BCUT2D eigenvalue weighted by molar-refractivity contribution is 5.77. The van der Waals surface area contributed by atoms with Crippen molar-refractivity contribution in [1.29, 1.82) is 0 Å². The van der Waals surface area contributed by atoms with Crippen molar-refractivity contribution >= 4 is 5.91 Å². The van der Waals surface area contributed by atoms with Gasteiger partial charge in [-0.3, -0.25) is 4.79 Å². The van der Waals surface area contributed by atoms with Crippen LogP contribution in [0.5, 0.6) is 0 Å². The van der Waals surface area contributed by atoms with Gasteiger partial charge >= 0.3 is 0 Å². The average molecular weight is 297 g/mol. The quantitative estimate of drug-likeness (QED) is 0.547. The van der Waals surface area contributed by atoms with Gasteiger partial charge in [0, 0.05) is 18.8 Å². The van der Waals surface area contributed by atoms with Crippen molar-refractivity contribution in [3.63, 3.8) is 0 Å². The van der Waals surface area contributed by atoms with Crippen LogP contribution in [0, 0.1) is 5.92 Å². The summed E-state index contributed by atoms with van der Waals surface area (Å²) in [6.07, 6.45) is 1.78. The van der Waals surface area contributed by atoms with Gasteiger partial charge in [0.05, 0.1) is 19.8 Å². The van der Waals surface area contributed by atoms with Crippen LogP contribution in [0.25, 0.3) is 0 Å². The highest BCUT2D eigenvalue weighted by Gasteiger charge is 2.36. The number of carbonyl (C=O) groups excluding carboxylic acids is 1. The number of amides is 1. The number of carbonyl (C=O) groups is 1. The number of rotatable bonds is 8. The molecule has 1 saturated carbocycles. The first-order valence-corrected chi connectivity index (χ1v) is 7.26. The molecular weight excluding hydrogens is 274 g/mol. The molecule has 2 atom stereocenters. The minimum absolute atomic E-state index is 0.176. The van der Waals surface area contributed by atoms with Crippen molar-refractivity contribution in [3.8, 4) is 0 Å². The number of hydrogen-bond acceptors (Lipinski definition) is 5.